The van der Waals surface area contributed by atoms with Crippen LogP contribution in [0.5, 0.6) is 0 Å². The van der Waals surface area contributed by atoms with Gasteiger partial charge in [-0.2, -0.15) is 11.8 Å². The third kappa shape index (κ3) is 4.48. The van der Waals surface area contributed by atoms with Gasteiger partial charge in [-0.25, -0.2) is 13.1 Å². The van der Waals surface area contributed by atoms with Crippen LogP contribution in [0.1, 0.15) is 30.4 Å². The second-order valence-electron chi connectivity index (χ2n) is 5.27. The van der Waals surface area contributed by atoms with E-state index in [2.05, 4.69) is 11.0 Å². The molecule has 6 heteroatoms. The number of hydrogen-bond acceptors (Lipinski definition) is 4. The van der Waals surface area contributed by atoms with E-state index in [1.165, 1.54) is 0 Å². The number of sulfonamides is 1. The minimum Gasteiger partial charge on any atom is -0.326 e. The van der Waals surface area contributed by atoms with E-state index in [0.29, 0.717) is 11.8 Å². The van der Waals surface area contributed by atoms with Crippen LogP contribution >= 0.6 is 11.8 Å². The number of rotatable bonds is 6. The Morgan fingerprint density at radius 2 is 2.10 bits per heavy atom. The minimum atomic E-state index is -3.27. The van der Waals surface area contributed by atoms with E-state index in [0.717, 1.165) is 30.4 Å². The summed E-state index contributed by atoms with van der Waals surface area (Å²) < 4.78 is 27.2. The maximum absolute atomic E-state index is 12.2. The predicted molar refractivity (Wildman–Crippen MR) is 85.0 cm³/mol. The Morgan fingerprint density at radius 1 is 1.35 bits per heavy atom. The highest BCUT2D eigenvalue weighted by atomic mass is 32.2. The van der Waals surface area contributed by atoms with Crippen LogP contribution in [0.25, 0.3) is 0 Å². The van der Waals surface area contributed by atoms with Crippen molar-refractivity contribution in [3.05, 3.63) is 35.4 Å². The molecule has 1 aromatic rings. The van der Waals surface area contributed by atoms with Crippen molar-refractivity contribution < 1.29 is 8.42 Å². The monoisotopic (exact) mass is 314 g/mol. The molecule has 112 valence electrons. The van der Waals surface area contributed by atoms with E-state index >= 15 is 0 Å². The van der Waals surface area contributed by atoms with Gasteiger partial charge in [0.05, 0.1) is 5.75 Å². The second kappa shape index (κ2) is 6.93. The molecule has 20 heavy (non-hydrogen) atoms. The lowest BCUT2D eigenvalue weighted by Crippen LogP contribution is -2.34. The molecule has 0 heterocycles. The SMILES string of the molecule is CSC1CCC(NS(=O)(=O)Cc2cccc(CN)c2)C1. The summed E-state index contributed by atoms with van der Waals surface area (Å²) in [6.45, 7) is 0.430. The van der Waals surface area contributed by atoms with Crippen molar-refractivity contribution in [1.82, 2.24) is 4.72 Å². The van der Waals surface area contributed by atoms with Gasteiger partial charge in [-0.05, 0) is 36.6 Å². The van der Waals surface area contributed by atoms with Crippen molar-refractivity contribution in [3.63, 3.8) is 0 Å². The van der Waals surface area contributed by atoms with Gasteiger partial charge in [-0.15, -0.1) is 0 Å². The third-order valence-electron chi connectivity index (χ3n) is 3.65. The molecule has 0 aliphatic heterocycles. The molecule has 2 atom stereocenters. The second-order valence-corrected chi connectivity index (χ2v) is 8.16. The molecule has 2 rings (SSSR count). The zero-order valence-corrected chi connectivity index (χ0v) is 13.3. The molecule has 1 aliphatic rings. The van der Waals surface area contributed by atoms with E-state index in [9.17, 15) is 8.42 Å². The number of nitrogens with one attached hydrogen (secondary N) is 1. The maximum Gasteiger partial charge on any atom is 0.216 e. The average Bonchev–Trinajstić information content (AvgIpc) is 2.85. The fourth-order valence-electron chi connectivity index (χ4n) is 2.62. The number of benzene rings is 1. The van der Waals surface area contributed by atoms with Crippen LogP contribution in [-0.2, 0) is 22.3 Å². The van der Waals surface area contributed by atoms with Gasteiger partial charge in [0, 0.05) is 17.8 Å². The van der Waals surface area contributed by atoms with Crippen LogP contribution in [0.3, 0.4) is 0 Å². The molecular formula is C14H22N2O2S2. The van der Waals surface area contributed by atoms with Crippen molar-refractivity contribution in [2.75, 3.05) is 6.26 Å². The van der Waals surface area contributed by atoms with E-state index < -0.39 is 10.0 Å². The molecule has 1 fully saturated rings. The van der Waals surface area contributed by atoms with Gasteiger partial charge in [0.25, 0.3) is 0 Å². The highest BCUT2D eigenvalue weighted by Gasteiger charge is 2.27. The van der Waals surface area contributed by atoms with Crippen LogP contribution in [0.2, 0.25) is 0 Å². The first-order chi connectivity index (χ1) is 9.52. The van der Waals surface area contributed by atoms with Crippen LogP contribution in [-0.4, -0.2) is 26.0 Å². The fourth-order valence-corrected chi connectivity index (χ4v) is 4.84. The molecule has 0 radical (unpaired) electrons. The molecule has 2 unspecified atom stereocenters. The van der Waals surface area contributed by atoms with Crippen molar-refractivity contribution >= 4 is 21.8 Å². The zero-order valence-electron chi connectivity index (χ0n) is 11.7. The van der Waals surface area contributed by atoms with Crippen LogP contribution in [0.4, 0.5) is 0 Å². The summed E-state index contributed by atoms with van der Waals surface area (Å²) in [7, 11) is -3.27. The van der Waals surface area contributed by atoms with Gasteiger partial charge < -0.3 is 5.73 Å². The smallest absolute Gasteiger partial charge is 0.216 e. The van der Waals surface area contributed by atoms with Gasteiger partial charge >= 0.3 is 0 Å². The Labute approximate surface area is 125 Å². The highest BCUT2D eigenvalue weighted by molar-refractivity contribution is 7.99. The Hall–Kier alpha value is -0.560. The van der Waals surface area contributed by atoms with E-state index in [1.807, 2.05) is 36.0 Å². The molecule has 0 aromatic heterocycles. The van der Waals surface area contributed by atoms with Gasteiger partial charge in [-0.1, -0.05) is 24.3 Å². The number of nitrogens with two attached hydrogens (primary N) is 1. The lowest BCUT2D eigenvalue weighted by molar-refractivity contribution is 0.552. The summed E-state index contributed by atoms with van der Waals surface area (Å²) >= 11 is 1.82. The van der Waals surface area contributed by atoms with Gasteiger partial charge in [-0.3, -0.25) is 0 Å². The third-order valence-corrected chi connectivity index (χ3v) is 6.15. The summed E-state index contributed by atoms with van der Waals surface area (Å²) in [6.07, 6.45) is 5.05. The predicted octanol–water partition coefficient (Wildman–Crippen LogP) is 1.85. The van der Waals surface area contributed by atoms with Crippen LogP contribution < -0.4 is 10.5 Å². The van der Waals surface area contributed by atoms with Crippen molar-refractivity contribution in [3.8, 4) is 0 Å². The van der Waals surface area contributed by atoms with E-state index in [-0.39, 0.29) is 11.8 Å². The summed E-state index contributed by atoms with van der Waals surface area (Å²) in [5.74, 6) is 0.0290. The first kappa shape index (κ1) is 15.8. The van der Waals surface area contributed by atoms with Gasteiger partial charge in [0.2, 0.25) is 10.0 Å². The standard InChI is InChI=1S/C14H22N2O2S2/c1-19-14-6-5-13(8-14)16-20(17,18)10-12-4-2-3-11(7-12)9-15/h2-4,7,13-14,16H,5-6,8-10,15H2,1H3. The molecule has 1 saturated carbocycles. The lowest BCUT2D eigenvalue weighted by atomic mass is 10.1. The van der Waals surface area contributed by atoms with Gasteiger partial charge in [0.1, 0.15) is 0 Å². The first-order valence-electron chi connectivity index (χ1n) is 6.83. The van der Waals surface area contributed by atoms with Gasteiger partial charge in [0.15, 0.2) is 0 Å². The van der Waals surface area contributed by atoms with Crippen LogP contribution in [0.15, 0.2) is 24.3 Å². The first-order valence-corrected chi connectivity index (χ1v) is 9.77. The van der Waals surface area contributed by atoms with E-state index in [1.54, 1.807) is 0 Å². The Balaban J connectivity index is 1.97. The molecule has 0 amide bonds. The average molecular weight is 314 g/mol. The largest absolute Gasteiger partial charge is 0.326 e. The quantitative estimate of drug-likeness (QED) is 0.840. The molecule has 1 aliphatic carbocycles. The van der Waals surface area contributed by atoms with Crippen molar-refractivity contribution in [1.29, 1.82) is 0 Å². The molecule has 0 spiro atoms. The minimum absolute atomic E-state index is 0.0290. The molecule has 1 aromatic carbocycles. The molecule has 0 saturated heterocycles. The maximum atomic E-state index is 12.2. The summed E-state index contributed by atoms with van der Waals surface area (Å²) in [5.41, 5.74) is 7.33. The summed E-state index contributed by atoms with van der Waals surface area (Å²) in [5, 5.41) is 0.586. The Bertz CT molecular complexity index is 546. The normalized spacial score (nSPS) is 23.1. The number of hydrogen-bond donors (Lipinski definition) is 2. The van der Waals surface area contributed by atoms with Crippen molar-refractivity contribution in [2.24, 2.45) is 5.73 Å². The molecule has 3 N–H and O–H groups in total. The molecule has 0 bridgehead atoms. The topological polar surface area (TPSA) is 72.2 Å². The van der Waals surface area contributed by atoms with Crippen LogP contribution in [0, 0.1) is 0 Å². The fraction of sp³-hybridized carbons (Fsp3) is 0.571. The van der Waals surface area contributed by atoms with E-state index in [4.69, 9.17) is 5.73 Å². The Morgan fingerprint density at radius 3 is 2.75 bits per heavy atom. The summed E-state index contributed by atoms with van der Waals surface area (Å²) in [4.78, 5) is 0. The summed E-state index contributed by atoms with van der Waals surface area (Å²) in [6, 6.07) is 7.54. The highest BCUT2D eigenvalue weighted by Crippen LogP contribution is 2.28. The lowest BCUT2D eigenvalue weighted by Gasteiger charge is -2.13. The van der Waals surface area contributed by atoms with Crippen molar-refractivity contribution in [2.45, 2.75) is 42.9 Å². The zero-order chi connectivity index (χ0) is 14.6. The Kier molecular flexibility index (Phi) is 5.49. The molecule has 4 nitrogen and oxygen atoms in total. The molecular weight excluding hydrogens is 292 g/mol. The number of thioether (sulfide) groups is 1.